The Kier molecular flexibility index (Phi) is 7.16. The van der Waals surface area contributed by atoms with Gasteiger partial charge in [-0.25, -0.2) is 0 Å². The molecule has 6 rings (SSSR count). The Hall–Kier alpha value is -3.59. The molecule has 1 fully saturated rings. The molecule has 0 bridgehead atoms. The molecule has 39 heavy (non-hydrogen) atoms. The zero-order chi connectivity index (χ0) is 26.8. The second kappa shape index (κ2) is 10.9. The van der Waals surface area contributed by atoms with E-state index in [9.17, 15) is 9.90 Å². The largest absolute Gasteiger partial charge is 0.488 e. The Balaban J connectivity index is 1.50. The van der Waals surface area contributed by atoms with E-state index in [2.05, 4.69) is 0 Å². The number of fused-ring (bicyclic) bond motifs is 2. The lowest BCUT2D eigenvalue weighted by Gasteiger charge is -2.33. The van der Waals surface area contributed by atoms with Gasteiger partial charge in [0.1, 0.15) is 17.8 Å². The number of aliphatic hydroxyl groups is 1. The third kappa shape index (κ3) is 4.73. The van der Waals surface area contributed by atoms with E-state index in [1.807, 2.05) is 67.6 Å². The van der Waals surface area contributed by atoms with Gasteiger partial charge < -0.3 is 33.7 Å². The minimum absolute atomic E-state index is 0.0139. The van der Waals surface area contributed by atoms with Crippen LogP contribution >= 0.6 is 0 Å². The molecule has 3 aliphatic rings. The molecule has 3 unspecified atom stereocenters. The molecule has 1 amide bonds. The van der Waals surface area contributed by atoms with Crippen molar-refractivity contribution >= 4 is 11.6 Å². The summed E-state index contributed by atoms with van der Waals surface area (Å²) in [7, 11) is 0. The number of rotatable bonds is 10. The second-order valence-corrected chi connectivity index (χ2v) is 10.1. The summed E-state index contributed by atoms with van der Waals surface area (Å²) in [6.07, 6.45) is 0.667. The van der Waals surface area contributed by atoms with Crippen LogP contribution < -0.4 is 19.1 Å². The Morgan fingerprint density at radius 1 is 1.05 bits per heavy atom. The lowest BCUT2D eigenvalue weighted by Crippen LogP contribution is -2.46. The summed E-state index contributed by atoms with van der Waals surface area (Å²) in [5, 5.41) is 11.0. The Labute approximate surface area is 228 Å². The van der Waals surface area contributed by atoms with Crippen molar-refractivity contribution in [3.05, 3.63) is 83.4 Å². The molecule has 204 valence electrons. The van der Waals surface area contributed by atoms with Crippen LogP contribution in [-0.2, 0) is 26.3 Å². The Morgan fingerprint density at radius 2 is 1.82 bits per heavy atom. The summed E-state index contributed by atoms with van der Waals surface area (Å²) in [4.78, 5) is 16.5. The summed E-state index contributed by atoms with van der Waals surface area (Å²) in [5.74, 6) is 1.43. The number of para-hydroxylation sites is 1. The highest BCUT2D eigenvalue weighted by Crippen LogP contribution is 2.54. The standard InChI is InChI=1S/C31H33NO7/c1-2-35-29(33)17-31(23-12-6-7-13-25(23)32(30(31)34)18-22-11-8-14-36-22)24-15-27-28(39-20-38-27)16-26(24)37-19-21-9-4-3-5-10-21/h3-7,9-10,12-13,15-16,22,29,33H,2,8,11,14,17-20H2,1H3. The molecule has 3 aromatic carbocycles. The first-order chi connectivity index (χ1) is 19.1. The number of carbonyl (C=O) groups is 1. The summed E-state index contributed by atoms with van der Waals surface area (Å²) in [6.45, 7) is 3.65. The van der Waals surface area contributed by atoms with Gasteiger partial charge in [0.2, 0.25) is 12.7 Å². The summed E-state index contributed by atoms with van der Waals surface area (Å²) in [5.41, 5.74) is 1.90. The van der Waals surface area contributed by atoms with Gasteiger partial charge in [0.05, 0.1) is 12.6 Å². The topological polar surface area (TPSA) is 86.7 Å². The molecule has 3 aromatic rings. The van der Waals surface area contributed by atoms with Crippen molar-refractivity contribution in [2.45, 2.75) is 50.6 Å². The van der Waals surface area contributed by atoms with Crippen LogP contribution in [0.2, 0.25) is 0 Å². The molecule has 1 saturated heterocycles. The lowest BCUT2D eigenvalue weighted by atomic mass is 9.72. The summed E-state index contributed by atoms with van der Waals surface area (Å²) >= 11 is 0. The fourth-order valence-corrected chi connectivity index (χ4v) is 5.89. The third-order valence-electron chi connectivity index (χ3n) is 7.69. The summed E-state index contributed by atoms with van der Waals surface area (Å²) in [6, 6.07) is 21.2. The average molecular weight is 532 g/mol. The van der Waals surface area contributed by atoms with Crippen LogP contribution in [0.3, 0.4) is 0 Å². The highest BCUT2D eigenvalue weighted by Gasteiger charge is 2.55. The van der Waals surface area contributed by atoms with Gasteiger partial charge in [0.15, 0.2) is 17.8 Å². The Bertz CT molecular complexity index is 1320. The molecule has 0 saturated carbocycles. The van der Waals surface area contributed by atoms with E-state index in [0.29, 0.717) is 49.2 Å². The molecule has 0 spiro atoms. The molecule has 8 heteroatoms. The third-order valence-corrected chi connectivity index (χ3v) is 7.69. The van der Waals surface area contributed by atoms with E-state index >= 15 is 0 Å². The predicted octanol–water partition coefficient (Wildman–Crippen LogP) is 4.55. The maximum Gasteiger partial charge on any atom is 0.242 e. The van der Waals surface area contributed by atoms with Gasteiger partial charge in [-0.1, -0.05) is 48.5 Å². The second-order valence-electron chi connectivity index (χ2n) is 10.1. The predicted molar refractivity (Wildman–Crippen MR) is 144 cm³/mol. The van der Waals surface area contributed by atoms with Gasteiger partial charge in [-0.3, -0.25) is 4.79 Å². The van der Waals surface area contributed by atoms with Crippen LogP contribution in [0.4, 0.5) is 5.69 Å². The maximum absolute atomic E-state index is 14.7. The number of anilines is 1. The summed E-state index contributed by atoms with van der Waals surface area (Å²) < 4.78 is 29.4. The van der Waals surface area contributed by atoms with Crippen molar-refractivity contribution in [3.8, 4) is 17.2 Å². The number of nitrogens with zero attached hydrogens (tertiary/aromatic N) is 1. The van der Waals surface area contributed by atoms with E-state index in [0.717, 1.165) is 29.7 Å². The minimum atomic E-state index is -1.28. The molecule has 1 N–H and O–H groups in total. The molecule has 3 heterocycles. The number of ether oxygens (including phenoxy) is 5. The smallest absolute Gasteiger partial charge is 0.242 e. The van der Waals surface area contributed by atoms with Gasteiger partial charge >= 0.3 is 0 Å². The van der Waals surface area contributed by atoms with Crippen LogP contribution in [0.1, 0.15) is 42.9 Å². The SMILES string of the molecule is CCOC(O)CC1(c2cc3c(cc2OCc2ccccc2)OCO3)C(=O)N(CC2CCCO2)c2ccccc21. The van der Waals surface area contributed by atoms with E-state index in [4.69, 9.17) is 23.7 Å². The highest BCUT2D eigenvalue weighted by molar-refractivity contribution is 6.11. The average Bonchev–Trinajstić information content (AvgIpc) is 3.69. The fraction of sp³-hybridized carbons (Fsp3) is 0.387. The van der Waals surface area contributed by atoms with Crippen molar-refractivity contribution in [3.63, 3.8) is 0 Å². The van der Waals surface area contributed by atoms with Crippen molar-refractivity contribution in [2.24, 2.45) is 0 Å². The number of hydrogen-bond acceptors (Lipinski definition) is 7. The van der Waals surface area contributed by atoms with Gasteiger partial charge in [0, 0.05) is 37.0 Å². The number of carbonyl (C=O) groups excluding carboxylic acids is 1. The van der Waals surface area contributed by atoms with Gasteiger partial charge in [-0.2, -0.15) is 0 Å². The molecule has 0 aliphatic carbocycles. The van der Waals surface area contributed by atoms with Gasteiger partial charge in [0.25, 0.3) is 0 Å². The van der Waals surface area contributed by atoms with E-state index in [1.165, 1.54) is 0 Å². The molecular weight excluding hydrogens is 498 g/mol. The normalized spacial score (nSPS) is 22.3. The first-order valence-electron chi connectivity index (χ1n) is 13.5. The van der Waals surface area contributed by atoms with Crippen LogP contribution in [0.5, 0.6) is 17.2 Å². The molecular formula is C31H33NO7. The van der Waals surface area contributed by atoms with Crippen molar-refractivity contribution in [2.75, 3.05) is 31.5 Å². The molecule has 3 atom stereocenters. The quantitative estimate of drug-likeness (QED) is 0.384. The van der Waals surface area contributed by atoms with Crippen molar-refractivity contribution < 1.29 is 33.6 Å². The maximum atomic E-state index is 14.7. The lowest BCUT2D eigenvalue weighted by molar-refractivity contribution is -0.132. The van der Waals surface area contributed by atoms with Crippen molar-refractivity contribution in [1.29, 1.82) is 0 Å². The number of aliphatic hydroxyl groups excluding tert-OH is 1. The van der Waals surface area contributed by atoms with Gasteiger partial charge in [-0.05, 0) is 43.0 Å². The number of benzene rings is 3. The monoisotopic (exact) mass is 531 g/mol. The van der Waals surface area contributed by atoms with Crippen LogP contribution in [0, 0.1) is 0 Å². The zero-order valence-electron chi connectivity index (χ0n) is 22.0. The van der Waals surface area contributed by atoms with Crippen LogP contribution in [0.15, 0.2) is 66.7 Å². The van der Waals surface area contributed by atoms with Crippen molar-refractivity contribution in [1.82, 2.24) is 0 Å². The minimum Gasteiger partial charge on any atom is -0.488 e. The van der Waals surface area contributed by atoms with Gasteiger partial charge in [-0.15, -0.1) is 0 Å². The first kappa shape index (κ1) is 25.7. The molecule has 3 aliphatic heterocycles. The highest BCUT2D eigenvalue weighted by atomic mass is 16.7. The first-order valence-corrected chi connectivity index (χ1v) is 13.5. The molecule has 8 nitrogen and oxygen atoms in total. The van der Waals surface area contributed by atoms with Crippen LogP contribution in [0.25, 0.3) is 0 Å². The van der Waals surface area contributed by atoms with E-state index in [1.54, 1.807) is 11.0 Å². The number of amides is 1. The number of hydrogen-bond donors (Lipinski definition) is 1. The fourth-order valence-electron chi connectivity index (χ4n) is 5.89. The van der Waals surface area contributed by atoms with Crippen LogP contribution in [-0.4, -0.2) is 50.0 Å². The molecule has 0 aromatic heterocycles. The zero-order valence-corrected chi connectivity index (χ0v) is 22.0. The van der Waals surface area contributed by atoms with E-state index < -0.39 is 11.7 Å². The Morgan fingerprint density at radius 3 is 2.59 bits per heavy atom. The molecule has 0 radical (unpaired) electrons. The van der Waals surface area contributed by atoms with E-state index in [-0.39, 0.29) is 25.2 Å².